The fraction of sp³-hybridized carbons (Fsp3) is 0.226. The molecule has 1 aliphatic carbocycles. The Bertz CT molecular complexity index is 1390. The lowest BCUT2D eigenvalue weighted by Crippen LogP contribution is -2.09. The Morgan fingerprint density at radius 2 is 1.06 bits per heavy atom. The Kier molecular flexibility index (Phi) is 5.07. The highest BCUT2D eigenvalue weighted by atomic mass is 16.6. The van der Waals surface area contributed by atoms with Crippen LogP contribution in [0.25, 0.3) is 22.3 Å². The van der Waals surface area contributed by atoms with Gasteiger partial charge < -0.3 is 18.9 Å². The molecule has 4 nitrogen and oxygen atoms in total. The molecule has 3 unspecified atom stereocenters. The van der Waals surface area contributed by atoms with Crippen LogP contribution < -0.4 is 9.47 Å². The van der Waals surface area contributed by atoms with Crippen molar-refractivity contribution in [3.8, 4) is 33.8 Å². The summed E-state index contributed by atoms with van der Waals surface area (Å²) in [7, 11) is 0. The van der Waals surface area contributed by atoms with Crippen LogP contribution in [0.2, 0.25) is 0 Å². The number of hydrogen-bond acceptors (Lipinski definition) is 4. The smallest absolute Gasteiger partial charge is 0.127 e. The molecule has 0 radical (unpaired) electrons. The molecule has 174 valence electrons. The molecule has 0 amide bonds. The molecule has 35 heavy (non-hydrogen) atoms. The summed E-state index contributed by atoms with van der Waals surface area (Å²) in [5, 5.41) is 0. The van der Waals surface area contributed by atoms with Gasteiger partial charge in [0.2, 0.25) is 0 Å². The van der Waals surface area contributed by atoms with Gasteiger partial charge in [0, 0.05) is 17.0 Å². The van der Waals surface area contributed by atoms with Crippen molar-refractivity contribution in [3.05, 3.63) is 108 Å². The molecule has 2 aliphatic heterocycles. The van der Waals surface area contributed by atoms with Crippen LogP contribution in [-0.4, -0.2) is 38.6 Å². The van der Waals surface area contributed by atoms with Crippen LogP contribution in [0.5, 0.6) is 11.5 Å². The van der Waals surface area contributed by atoms with E-state index in [0.717, 1.165) is 30.3 Å². The average Bonchev–Trinajstić information content (AvgIpc) is 3.84. The predicted molar refractivity (Wildman–Crippen MR) is 135 cm³/mol. The van der Waals surface area contributed by atoms with Crippen LogP contribution in [0, 0.1) is 0 Å². The van der Waals surface area contributed by atoms with Gasteiger partial charge in [0.05, 0.1) is 13.2 Å². The van der Waals surface area contributed by atoms with E-state index in [2.05, 4.69) is 78.9 Å². The summed E-state index contributed by atoms with van der Waals surface area (Å²) in [6.07, 6.45) is 0.419. The summed E-state index contributed by atoms with van der Waals surface area (Å²) in [6, 6.07) is 32.1. The minimum atomic E-state index is 0.0635. The molecule has 2 fully saturated rings. The highest BCUT2D eigenvalue weighted by Gasteiger charge is 2.35. The van der Waals surface area contributed by atoms with Crippen LogP contribution in [0.15, 0.2) is 91.0 Å². The maximum Gasteiger partial charge on any atom is 0.127 e. The topological polar surface area (TPSA) is 43.5 Å². The Balaban J connectivity index is 1.38. The lowest BCUT2D eigenvalue weighted by molar-refractivity contribution is 0.261. The number of rotatable bonds is 8. The normalized spacial score (nSPS) is 21.2. The van der Waals surface area contributed by atoms with Crippen LogP contribution >= 0.6 is 0 Å². The molecule has 0 saturated carbocycles. The van der Waals surface area contributed by atoms with Gasteiger partial charge in [0.15, 0.2) is 0 Å². The SMILES string of the molecule is c1ccc(-c2cccc3c2C(c2ccccc2OCC2CO2)c2ccccc2-3)c(OCC2CO2)c1. The van der Waals surface area contributed by atoms with Crippen molar-refractivity contribution in [1.29, 1.82) is 0 Å². The third kappa shape index (κ3) is 3.89. The third-order valence-electron chi connectivity index (χ3n) is 7.02. The first-order valence-electron chi connectivity index (χ1n) is 12.3. The molecule has 0 bridgehead atoms. The Morgan fingerprint density at radius 3 is 1.77 bits per heavy atom. The maximum absolute atomic E-state index is 6.28. The predicted octanol–water partition coefficient (Wildman–Crippen LogP) is 6.07. The number of ether oxygens (including phenoxy) is 4. The highest BCUT2D eigenvalue weighted by Crippen LogP contribution is 2.53. The van der Waals surface area contributed by atoms with Gasteiger partial charge in [-0.3, -0.25) is 0 Å². The van der Waals surface area contributed by atoms with Crippen LogP contribution in [0.1, 0.15) is 22.6 Å². The quantitative estimate of drug-likeness (QED) is 0.263. The number of para-hydroxylation sites is 2. The zero-order valence-corrected chi connectivity index (χ0v) is 19.4. The molecule has 2 saturated heterocycles. The number of epoxide rings is 2. The molecule has 0 N–H and O–H groups in total. The molecule has 4 heteroatoms. The van der Waals surface area contributed by atoms with E-state index in [0.29, 0.717) is 13.2 Å². The van der Waals surface area contributed by atoms with Crippen LogP contribution in [-0.2, 0) is 9.47 Å². The van der Waals surface area contributed by atoms with E-state index in [1.54, 1.807) is 0 Å². The van der Waals surface area contributed by atoms with Gasteiger partial charge in [0.25, 0.3) is 0 Å². The van der Waals surface area contributed by atoms with Gasteiger partial charge in [-0.25, -0.2) is 0 Å². The van der Waals surface area contributed by atoms with Crippen LogP contribution in [0.4, 0.5) is 0 Å². The van der Waals surface area contributed by atoms with Crippen molar-refractivity contribution in [3.63, 3.8) is 0 Å². The summed E-state index contributed by atoms with van der Waals surface area (Å²) in [5.74, 6) is 1.87. The monoisotopic (exact) mass is 462 g/mol. The molecular formula is C31H26O4. The molecule has 2 heterocycles. The van der Waals surface area contributed by atoms with E-state index in [1.165, 1.54) is 33.4 Å². The summed E-state index contributed by atoms with van der Waals surface area (Å²) >= 11 is 0. The van der Waals surface area contributed by atoms with Gasteiger partial charge in [-0.15, -0.1) is 0 Å². The second-order valence-corrected chi connectivity index (χ2v) is 9.35. The largest absolute Gasteiger partial charge is 0.490 e. The van der Waals surface area contributed by atoms with Gasteiger partial charge >= 0.3 is 0 Å². The zero-order chi connectivity index (χ0) is 23.2. The number of benzene rings is 4. The lowest BCUT2D eigenvalue weighted by atomic mass is 9.84. The van der Waals surface area contributed by atoms with E-state index in [4.69, 9.17) is 18.9 Å². The second-order valence-electron chi connectivity index (χ2n) is 9.35. The van der Waals surface area contributed by atoms with Crippen molar-refractivity contribution in [2.45, 2.75) is 18.1 Å². The van der Waals surface area contributed by atoms with Crippen molar-refractivity contribution < 1.29 is 18.9 Å². The first-order valence-corrected chi connectivity index (χ1v) is 12.3. The van der Waals surface area contributed by atoms with Crippen molar-refractivity contribution in [1.82, 2.24) is 0 Å². The fourth-order valence-electron chi connectivity index (χ4n) is 5.18. The molecule has 0 spiro atoms. The Morgan fingerprint density at radius 1 is 0.543 bits per heavy atom. The minimum Gasteiger partial charge on any atom is -0.490 e. The van der Waals surface area contributed by atoms with Crippen molar-refractivity contribution >= 4 is 0 Å². The summed E-state index contributed by atoms with van der Waals surface area (Å²) < 4.78 is 23.3. The van der Waals surface area contributed by atoms with Crippen molar-refractivity contribution in [2.24, 2.45) is 0 Å². The zero-order valence-electron chi connectivity index (χ0n) is 19.4. The fourth-order valence-corrected chi connectivity index (χ4v) is 5.18. The number of fused-ring (bicyclic) bond motifs is 3. The van der Waals surface area contributed by atoms with E-state index >= 15 is 0 Å². The number of hydrogen-bond donors (Lipinski definition) is 0. The summed E-state index contributed by atoms with van der Waals surface area (Å²) in [6.45, 7) is 2.72. The molecule has 3 aliphatic rings. The molecule has 0 aromatic heterocycles. The standard InChI is InChI=1S/C31H26O4/c1-2-10-24-22(8-1)25-12-7-13-26(23-9-3-5-14-28(23)34-18-20-16-32-20)30(25)31(24)27-11-4-6-15-29(27)35-19-21-17-33-21/h1-15,20-21,31H,16-19H2. The molecule has 3 atom stereocenters. The first-order chi connectivity index (χ1) is 17.4. The van der Waals surface area contributed by atoms with Gasteiger partial charge in [0.1, 0.15) is 36.9 Å². The van der Waals surface area contributed by atoms with E-state index in [9.17, 15) is 0 Å². The van der Waals surface area contributed by atoms with E-state index in [-0.39, 0.29) is 18.1 Å². The van der Waals surface area contributed by atoms with Gasteiger partial charge in [-0.2, -0.15) is 0 Å². The molecule has 7 rings (SSSR count). The van der Waals surface area contributed by atoms with Gasteiger partial charge in [-0.1, -0.05) is 78.9 Å². The lowest BCUT2D eigenvalue weighted by Gasteiger charge is -2.22. The minimum absolute atomic E-state index is 0.0635. The second kappa shape index (κ2) is 8.56. The molecular weight excluding hydrogens is 436 g/mol. The Labute approximate surface area is 205 Å². The van der Waals surface area contributed by atoms with Gasteiger partial charge in [-0.05, 0) is 39.9 Å². The third-order valence-corrected chi connectivity index (χ3v) is 7.02. The highest BCUT2D eigenvalue weighted by molar-refractivity contribution is 5.89. The summed E-state index contributed by atoms with van der Waals surface area (Å²) in [5.41, 5.74) is 8.62. The van der Waals surface area contributed by atoms with Crippen LogP contribution in [0.3, 0.4) is 0 Å². The molecule has 4 aromatic rings. The average molecular weight is 463 g/mol. The first kappa shape index (κ1) is 20.7. The summed E-state index contributed by atoms with van der Waals surface area (Å²) in [4.78, 5) is 0. The molecule has 4 aromatic carbocycles. The Hall–Kier alpha value is -3.60. The van der Waals surface area contributed by atoms with Crippen molar-refractivity contribution in [2.75, 3.05) is 26.4 Å². The van der Waals surface area contributed by atoms with E-state index in [1.807, 2.05) is 12.1 Å². The maximum atomic E-state index is 6.28. The van der Waals surface area contributed by atoms with E-state index < -0.39 is 0 Å².